The molecule has 2 aromatic rings. The molecule has 0 unspecified atom stereocenters. The Kier molecular flexibility index (Phi) is 7.11. The first-order valence-corrected chi connectivity index (χ1v) is 9.98. The largest absolute Gasteiger partial charge is 0.507 e. The number of halogens is 2. The third-order valence-corrected chi connectivity index (χ3v) is 5.68. The summed E-state index contributed by atoms with van der Waals surface area (Å²) in [6, 6.07) is 5.08. The predicted molar refractivity (Wildman–Crippen MR) is 113 cm³/mol. The van der Waals surface area contributed by atoms with E-state index in [1.807, 2.05) is 13.8 Å². The van der Waals surface area contributed by atoms with Gasteiger partial charge in [0, 0.05) is 11.1 Å². The molecule has 6 nitrogen and oxygen atoms in total. The molecular formula is C20H20Br2NO5. The number of aryl methyl sites for hydroxylation is 1. The van der Waals surface area contributed by atoms with E-state index in [9.17, 15) is 14.7 Å². The van der Waals surface area contributed by atoms with Crippen LogP contribution in [0.1, 0.15) is 46.8 Å². The van der Waals surface area contributed by atoms with Gasteiger partial charge in [-0.3, -0.25) is 4.79 Å². The quantitative estimate of drug-likeness (QED) is 0.479. The summed E-state index contributed by atoms with van der Waals surface area (Å²) in [7, 11) is 0. The summed E-state index contributed by atoms with van der Waals surface area (Å²) in [5.41, 5.74) is 2.37. The highest BCUT2D eigenvalue weighted by molar-refractivity contribution is 9.11. The summed E-state index contributed by atoms with van der Waals surface area (Å²) in [5, 5.41) is 21.1. The Bertz CT molecular complexity index is 941. The van der Waals surface area contributed by atoms with Gasteiger partial charge in [-0.15, -0.1) is 0 Å². The Morgan fingerprint density at radius 1 is 1.18 bits per heavy atom. The highest BCUT2D eigenvalue weighted by Crippen LogP contribution is 2.42. The van der Waals surface area contributed by atoms with Crippen molar-refractivity contribution < 1.29 is 24.5 Å². The highest BCUT2D eigenvalue weighted by Gasteiger charge is 2.20. The van der Waals surface area contributed by atoms with Crippen LogP contribution in [0.25, 0.3) is 0 Å². The number of aliphatic carboxylic acids is 1. The van der Waals surface area contributed by atoms with Gasteiger partial charge < -0.3 is 20.3 Å². The van der Waals surface area contributed by atoms with Gasteiger partial charge in [-0.2, -0.15) is 0 Å². The first-order chi connectivity index (χ1) is 13.0. The van der Waals surface area contributed by atoms with Gasteiger partial charge in [0.05, 0.1) is 8.95 Å². The molecule has 1 amide bonds. The van der Waals surface area contributed by atoms with Crippen molar-refractivity contribution in [2.24, 2.45) is 0 Å². The van der Waals surface area contributed by atoms with Gasteiger partial charge in [0.2, 0.25) is 0 Å². The maximum Gasteiger partial charge on any atom is 0.329 e. The van der Waals surface area contributed by atoms with E-state index in [1.165, 1.54) is 0 Å². The lowest BCUT2D eigenvalue weighted by atomic mass is 9.99. The molecule has 0 aliphatic rings. The molecular weight excluding hydrogens is 494 g/mol. The maximum absolute atomic E-state index is 12.2. The fourth-order valence-electron chi connectivity index (χ4n) is 2.62. The van der Waals surface area contributed by atoms with Crippen LogP contribution >= 0.6 is 31.9 Å². The van der Waals surface area contributed by atoms with E-state index in [-0.39, 0.29) is 11.7 Å². The van der Waals surface area contributed by atoms with Crippen LogP contribution < -0.4 is 10.1 Å². The zero-order valence-corrected chi connectivity index (χ0v) is 18.9. The fraction of sp³-hybridized carbons (Fsp3) is 0.250. The summed E-state index contributed by atoms with van der Waals surface area (Å²) in [4.78, 5) is 22.8. The number of carboxylic acids is 1. The van der Waals surface area contributed by atoms with Crippen molar-refractivity contribution in [2.75, 3.05) is 0 Å². The van der Waals surface area contributed by atoms with Crippen molar-refractivity contribution in [3.05, 3.63) is 55.9 Å². The van der Waals surface area contributed by atoms with Gasteiger partial charge in [-0.05, 0) is 81.0 Å². The molecule has 2 aromatic carbocycles. The number of hydrogen-bond acceptors (Lipinski definition) is 4. The summed E-state index contributed by atoms with van der Waals surface area (Å²) in [6.07, 6.45) is 0. The first-order valence-electron chi connectivity index (χ1n) is 8.39. The van der Waals surface area contributed by atoms with E-state index in [2.05, 4.69) is 37.2 Å². The van der Waals surface area contributed by atoms with Crippen molar-refractivity contribution in [3.8, 4) is 17.2 Å². The average Bonchev–Trinajstić information content (AvgIpc) is 2.62. The number of hydrogen-bond donors (Lipinski definition) is 3. The fourth-order valence-corrected chi connectivity index (χ4v) is 3.90. The zero-order chi connectivity index (χ0) is 21.2. The molecule has 0 aliphatic carbocycles. The van der Waals surface area contributed by atoms with E-state index >= 15 is 0 Å². The molecule has 2 rings (SSSR count). The van der Waals surface area contributed by atoms with E-state index in [4.69, 9.17) is 9.84 Å². The van der Waals surface area contributed by atoms with Crippen LogP contribution in [0, 0.1) is 20.4 Å². The van der Waals surface area contributed by atoms with Crippen molar-refractivity contribution >= 4 is 43.7 Å². The second-order valence-corrected chi connectivity index (χ2v) is 8.21. The minimum absolute atomic E-state index is 0.118. The summed E-state index contributed by atoms with van der Waals surface area (Å²) >= 11 is 6.86. The number of amides is 1. The normalized spacial score (nSPS) is 10.8. The van der Waals surface area contributed by atoms with Crippen LogP contribution in [-0.2, 0) is 4.79 Å². The second kappa shape index (κ2) is 8.96. The third-order valence-electron chi connectivity index (χ3n) is 4.14. The number of phenols is 1. The lowest BCUT2D eigenvalue weighted by Gasteiger charge is -2.17. The maximum atomic E-state index is 12.2. The number of nitrogens with one attached hydrogen (secondary N) is 1. The first kappa shape index (κ1) is 22.2. The van der Waals surface area contributed by atoms with Crippen molar-refractivity contribution in [1.82, 2.24) is 5.32 Å². The third kappa shape index (κ3) is 4.86. The average molecular weight is 514 g/mol. The molecule has 1 radical (unpaired) electrons. The van der Waals surface area contributed by atoms with E-state index in [0.717, 1.165) is 5.56 Å². The minimum Gasteiger partial charge on any atom is -0.507 e. The molecule has 0 heterocycles. The molecule has 28 heavy (non-hydrogen) atoms. The van der Waals surface area contributed by atoms with Crippen LogP contribution in [0.5, 0.6) is 17.2 Å². The van der Waals surface area contributed by atoms with Gasteiger partial charge in [0.1, 0.15) is 11.5 Å². The molecule has 0 bridgehead atoms. The van der Waals surface area contributed by atoms with Crippen molar-refractivity contribution in [1.29, 1.82) is 0 Å². The van der Waals surface area contributed by atoms with Crippen LogP contribution in [0.2, 0.25) is 0 Å². The number of rotatable bonds is 6. The molecule has 0 fully saturated rings. The van der Waals surface area contributed by atoms with Crippen molar-refractivity contribution in [2.45, 2.75) is 33.6 Å². The minimum atomic E-state index is -1.24. The molecule has 8 heteroatoms. The molecule has 0 saturated carbocycles. The number of carboxylic acid groups (broad SMARTS) is 1. The Hall–Kier alpha value is -2.06. The summed E-state index contributed by atoms with van der Waals surface area (Å²) in [5.74, 6) is -0.402. The number of ether oxygens (including phenoxy) is 1. The number of carbonyl (C=O) groups excluding carboxylic acids is 1. The number of carbonyl (C=O) groups is 2. The number of aromatic hydroxyl groups is 1. The lowest BCUT2D eigenvalue weighted by Crippen LogP contribution is -2.25. The SMILES string of the molecule is Cc1cc(Oc2c(Br)cc(C(=O)N[CH]C(=O)O)c(C)c2Br)cc(C(C)C)c1O. The van der Waals surface area contributed by atoms with Gasteiger partial charge in [0.25, 0.3) is 5.91 Å². The van der Waals surface area contributed by atoms with Gasteiger partial charge in [-0.25, -0.2) is 4.79 Å². The van der Waals surface area contributed by atoms with E-state index in [1.54, 1.807) is 32.0 Å². The van der Waals surface area contributed by atoms with Crippen LogP contribution in [-0.4, -0.2) is 22.1 Å². The van der Waals surface area contributed by atoms with Crippen LogP contribution in [0.15, 0.2) is 27.1 Å². The van der Waals surface area contributed by atoms with Crippen molar-refractivity contribution in [3.63, 3.8) is 0 Å². The Labute approximate surface area is 180 Å². The summed E-state index contributed by atoms with van der Waals surface area (Å²) < 4.78 is 7.11. The van der Waals surface area contributed by atoms with Gasteiger partial charge in [-0.1, -0.05) is 13.8 Å². The van der Waals surface area contributed by atoms with Crippen LogP contribution in [0.3, 0.4) is 0 Å². The molecule has 0 atom stereocenters. The standard InChI is InChI=1S/C20H20Br2NO5/c1-9(2)13-6-12(5-10(3)18(13)26)28-19-15(21)7-14(11(4)17(19)22)20(27)23-8-16(24)25/h5-9,26H,1-4H3,(H,23,27)(H,24,25). The number of phenolic OH excluding ortho intramolecular Hbond substituents is 1. The van der Waals surface area contributed by atoms with Gasteiger partial charge >= 0.3 is 5.97 Å². The molecule has 0 aromatic heterocycles. The van der Waals surface area contributed by atoms with E-state index in [0.29, 0.717) is 43.7 Å². The molecule has 0 spiro atoms. The molecule has 0 aliphatic heterocycles. The Balaban J connectivity index is 2.42. The lowest BCUT2D eigenvalue weighted by molar-refractivity contribution is -0.133. The number of benzene rings is 2. The molecule has 149 valence electrons. The summed E-state index contributed by atoms with van der Waals surface area (Å²) in [6.45, 7) is 8.17. The van der Waals surface area contributed by atoms with E-state index < -0.39 is 11.9 Å². The smallest absolute Gasteiger partial charge is 0.329 e. The Morgan fingerprint density at radius 2 is 1.82 bits per heavy atom. The highest BCUT2D eigenvalue weighted by atomic mass is 79.9. The zero-order valence-electron chi connectivity index (χ0n) is 15.8. The predicted octanol–water partition coefficient (Wildman–Crippen LogP) is 5.43. The van der Waals surface area contributed by atoms with Crippen LogP contribution in [0.4, 0.5) is 0 Å². The Morgan fingerprint density at radius 3 is 2.39 bits per heavy atom. The molecule has 0 saturated heterocycles. The topological polar surface area (TPSA) is 95.9 Å². The second-order valence-electron chi connectivity index (χ2n) is 6.56. The van der Waals surface area contributed by atoms with Gasteiger partial charge in [0.15, 0.2) is 12.3 Å². The molecule has 3 N–H and O–H groups in total. The monoisotopic (exact) mass is 512 g/mol.